The number of aryl methyl sites for hydroxylation is 1. The molecule has 1 unspecified atom stereocenters. The van der Waals surface area contributed by atoms with Crippen LogP contribution in [-0.2, 0) is 27.1 Å². The van der Waals surface area contributed by atoms with Gasteiger partial charge < -0.3 is 9.47 Å². The number of carbonyl (C=O) groups excluding carboxylic acids is 2. The van der Waals surface area contributed by atoms with Crippen molar-refractivity contribution < 1.29 is 19.1 Å². The van der Waals surface area contributed by atoms with E-state index >= 15 is 0 Å². The van der Waals surface area contributed by atoms with Crippen molar-refractivity contribution >= 4 is 29.8 Å². The van der Waals surface area contributed by atoms with Gasteiger partial charge in [-0.25, -0.2) is 4.79 Å². The Hall–Kier alpha value is -3.31. The molecule has 0 aliphatic rings. The van der Waals surface area contributed by atoms with Crippen LogP contribution in [0.5, 0.6) is 0 Å². The van der Waals surface area contributed by atoms with Gasteiger partial charge in [0.25, 0.3) is 0 Å². The SMILES string of the molecule is CCOC(=O)CCCCC(C=Cc1ccccc1SCCCCCc1ccccc1)Cc1ccc(C(=O)OCC)cc1. The minimum Gasteiger partial charge on any atom is -0.466 e. The summed E-state index contributed by atoms with van der Waals surface area (Å²) in [5.74, 6) is 1.02. The maximum absolute atomic E-state index is 12.1. The zero-order valence-corrected chi connectivity index (χ0v) is 26.1. The molecule has 0 amide bonds. The summed E-state index contributed by atoms with van der Waals surface area (Å²) in [5, 5.41) is 0. The average molecular weight is 587 g/mol. The van der Waals surface area contributed by atoms with E-state index in [-0.39, 0.29) is 11.9 Å². The molecule has 0 radical (unpaired) electrons. The molecule has 42 heavy (non-hydrogen) atoms. The molecule has 0 aliphatic heterocycles. The standard InChI is InChI=1S/C37H46O4S/c1-3-40-36(38)21-13-10-18-31(29-32-23-26-34(27-24-32)37(39)41-4-2)22-25-33-19-11-12-20-35(33)42-28-14-6-9-17-30-15-7-5-8-16-30/h5,7-8,11-12,15-16,19-20,22-27,31H,3-4,6,9-10,13-14,17-18,21,28-29H2,1-2H3. The molecular weight excluding hydrogens is 540 g/mol. The molecule has 5 heteroatoms. The molecule has 0 saturated heterocycles. The smallest absolute Gasteiger partial charge is 0.338 e. The van der Waals surface area contributed by atoms with Crippen molar-refractivity contribution in [2.75, 3.05) is 19.0 Å². The number of thioether (sulfide) groups is 1. The Bertz CT molecular complexity index is 1220. The molecule has 3 aromatic rings. The van der Waals surface area contributed by atoms with Gasteiger partial charge >= 0.3 is 11.9 Å². The Labute approximate surface area is 256 Å². The highest BCUT2D eigenvalue weighted by molar-refractivity contribution is 7.99. The highest BCUT2D eigenvalue weighted by Gasteiger charge is 2.11. The van der Waals surface area contributed by atoms with Gasteiger partial charge in [0.2, 0.25) is 0 Å². The van der Waals surface area contributed by atoms with Crippen LogP contribution in [0.15, 0.2) is 89.8 Å². The van der Waals surface area contributed by atoms with E-state index in [2.05, 4.69) is 66.7 Å². The third-order valence-corrected chi connectivity index (χ3v) is 8.33. The Balaban J connectivity index is 1.57. The minimum absolute atomic E-state index is 0.120. The van der Waals surface area contributed by atoms with Gasteiger partial charge in [0.1, 0.15) is 0 Å². The first-order valence-electron chi connectivity index (χ1n) is 15.4. The van der Waals surface area contributed by atoms with Crippen LogP contribution in [-0.4, -0.2) is 30.9 Å². The lowest BCUT2D eigenvalue weighted by atomic mass is 9.92. The first-order valence-corrected chi connectivity index (χ1v) is 16.4. The van der Waals surface area contributed by atoms with E-state index in [0.717, 1.165) is 37.9 Å². The number of hydrogen-bond donors (Lipinski definition) is 0. The summed E-state index contributed by atoms with van der Waals surface area (Å²) in [5.41, 5.74) is 4.43. The molecule has 3 aromatic carbocycles. The van der Waals surface area contributed by atoms with Crippen molar-refractivity contribution in [3.63, 3.8) is 0 Å². The topological polar surface area (TPSA) is 52.6 Å². The summed E-state index contributed by atoms with van der Waals surface area (Å²) in [7, 11) is 0. The van der Waals surface area contributed by atoms with Crippen molar-refractivity contribution in [1.29, 1.82) is 0 Å². The number of rotatable bonds is 19. The van der Waals surface area contributed by atoms with E-state index in [0.29, 0.717) is 31.1 Å². The van der Waals surface area contributed by atoms with E-state index < -0.39 is 0 Å². The second kappa shape index (κ2) is 19.7. The Morgan fingerprint density at radius 1 is 0.762 bits per heavy atom. The molecule has 0 spiro atoms. The van der Waals surface area contributed by atoms with Crippen LogP contribution in [0.25, 0.3) is 6.08 Å². The van der Waals surface area contributed by atoms with Gasteiger partial charge in [0, 0.05) is 11.3 Å². The van der Waals surface area contributed by atoms with Crippen LogP contribution in [0.1, 0.15) is 85.8 Å². The zero-order valence-electron chi connectivity index (χ0n) is 25.3. The molecule has 0 heterocycles. The summed E-state index contributed by atoms with van der Waals surface area (Å²) in [4.78, 5) is 25.2. The van der Waals surface area contributed by atoms with Gasteiger partial charge in [0.15, 0.2) is 0 Å². The monoisotopic (exact) mass is 586 g/mol. The Morgan fingerprint density at radius 3 is 2.26 bits per heavy atom. The lowest BCUT2D eigenvalue weighted by Crippen LogP contribution is -2.06. The van der Waals surface area contributed by atoms with Crippen molar-refractivity contribution in [3.05, 3.63) is 107 Å². The van der Waals surface area contributed by atoms with Crippen LogP contribution in [0, 0.1) is 5.92 Å². The molecule has 0 saturated carbocycles. The van der Waals surface area contributed by atoms with Gasteiger partial charge in [-0.2, -0.15) is 0 Å². The molecule has 4 nitrogen and oxygen atoms in total. The summed E-state index contributed by atoms with van der Waals surface area (Å²) in [6.07, 6.45) is 13.5. The predicted molar refractivity (Wildman–Crippen MR) is 175 cm³/mol. The molecule has 3 rings (SSSR count). The molecule has 0 aliphatic carbocycles. The summed E-state index contributed by atoms with van der Waals surface area (Å²) >= 11 is 1.94. The lowest BCUT2D eigenvalue weighted by Gasteiger charge is -2.14. The number of unbranched alkanes of at least 4 members (excludes halogenated alkanes) is 3. The van der Waals surface area contributed by atoms with E-state index in [1.807, 2.05) is 49.9 Å². The van der Waals surface area contributed by atoms with E-state index in [1.54, 1.807) is 0 Å². The summed E-state index contributed by atoms with van der Waals surface area (Å²) in [6, 6.07) is 27.1. The first-order chi connectivity index (χ1) is 20.6. The third kappa shape index (κ3) is 12.7. The van der Waals surface area contributed by atoms with Crippen LogP contribution < -0.4 is 0 Å². The molecule has 1 atom stereocenters. The third-order valence-electron chi connectivity index (χ3n) is 7.15. The lowest BCUT2D eigenvalue weighted by molar-refractivity contribution is -0.143. The van der Waals surface area contributed by atoms with Crippen LogP contribution in [0.2, 0.25) is 0 Å². The maximum atomic E-state index is 12.1. The van der Waals surface area contributed by atoms with E-state index in [1.165, 1.54) is 40.8 Å². The predicted octanol–water partition coefficient (Wildman–Crippen LogP) is 9.36. The van der Waals surface area contributed by atoms with Crippen molar-refractivity contribution in [3.8, 4) is 0 Å². The van der Waals surface area contributed by atoms with Crippen molar-refractivity contribution in [2.24, 2.45) is 5.92 Å². The molecule has 0 aromatic heterocycles. The fourth-order valence-electron chi connectivity index (χ4n) is 4.89. The average Bonchev–Trinajstić information content (AvgIpc) is 3.01. The normalized spacial score (nSPS) is 11.9. The quantitative estimate of drug-likeness (QED) is 0.0796. The highest BCUT2D eigenvalue weighted by Crippen LogP contribution is 2.27. The van der Waals surface area contributed by atoms with E-state index in [9.17, 15) is 9.59 Å². The van der Waals surface area contributed by atoms with Crippen molar-refractivity contribution in [2.45, 2.75) is 76.5 Å². The number of ether oxygens (including phenoxy) is 2. The molecular formula is C37H46O4S. The van der Waals surface area contributed by atoms with Gasteiger partial charge in [-0.1, -0.05) is 85.7 Å². The van der Waals surface area contributed by atoms with Gasteiger partial charge in [0.05, 0.1) is 18.8 Å². The van der Waals surface area contributed by atoms with Gasteiger partial charge in [-0.15, -0.1) is 11.8 Å². The second-order valence-corrected chi connectivity index (χ2v) is 11.6. The molecule has 0 N–H and O–H groups in total. The number of allylic oxidation sites excluding steroid dienone is 1. The Kier molecular flexibility index (Phi) is 15.6. The number of hydrogen-bond acceptors (Lipinski definition) is 5. The number of esters is 2. The second-order valence-electron chi connectivity index (χ2n) is 10.5. The summed E-state index contributed by atoms with van der Waals surface area (Å²) < 4.78 is 10.2. The number of carbonyl (C=O) groups is 2. The van der Waals surface area contributed by atoms with Crippen molar-refractivity contribution in [1.82, 2.24) is 0 Å². The van der Waals surface area contributed by atoms with Crippen LogP contribution in [0.4, 0.5) is 0 Å². The number of benzene rings is 3. The highest BCUT2D eigenvalue weighted by atomic mass is 32.2. The molecule has 0 bridgehead atoms. The van der Waals surface area contributed by atoms with Crippen LogP contribution in [0.3, 0.4) is 0 Å². The molecule has 224 valence electrons. The largest absolute Gasteiger partial charge is 0.466 e. The zero-order chi connectivity index (χ0) is 29.8. The summed E-state index contributed by atoms with van der Waals surface area (Å²) in [6.45, 7) is 4.45. The minimum atomic E-state index is -0.287. The fraction of sp³-hybridized carbons (Fsp3) is 0.405. The van der Waals surface area contributed by atoms with E-state index in [4.69, 9.17) is 9.47 Å². The Morgan fingerprint density at radius 2 is 1.50 bits per heavy atom. The first kappa shape index (κ1) is 33.2. The maximum Gasteiger partial charge on any atom is 0.338 e. The van der Waals surface area contributed by atoms with Gasteiger partial charge in [-0.05, 0) is 98.9 Å². The van der Waals surface area contributed by atoms with Gasteiger partial charge in [-0.3, -0.25) is 4.79 Å². The molecule has 0 fully saturated rings. The fourth-order valence-corrected chi connectivity index (χ4v) is 5.94. The van der Waals surface area contributed by atoms with Crippen LogP contribution >= 0.6 is 11.8 Å².